The van der Waals surface area contributed by atoms with Gasteiger partial charge in [0.05, 0.1) is 0 Å². The Kier molecular flexibility index (Phi) is 7.83. The van der Waals surface area contributed by atoms with E-state index in [9.17, 15) is 0 Å². The molecule has 0 unspecified atom stereocenters. The van der Waals surface area contributed by atoms with Gasteiger partial charge in [0.25, 0.3) is 0 Å². The molecule has 3 heterocycles. The molecule has 60 heavy (non-hydrogen) atoms. The minimum Gasteiger partial charge on any atom is -0.208 e. The van der Waals surface area contributed by atoms with Gasteiger partial charge in [-0.1, -0.05) is 115 Å². The quantitative estimate of drug-likeness (QED) is 0.168. The second-order valence-corrected chi connectivity index (χ2v) is 19.9. The predicted octanol–water partition coefficient (Wildman–Crippen LogP) is 15.4. The summed E-state index contributed by atoms with van der Waals surface area (Å²) in [6.45, 7) is 0. The van der Waals surface area contributed by atoms with Crippen LogP contribution < -0.4 is 0 Å². The molecular weight excluding hydrogens is 767 g/mol. The number of rotatable bonds is 6. The van der Waals surface area contributed by atoms with E-state index in [1.807, 2.05) is 22.7 Å². The van der Waals surface area contributed by atoms with Crippen LogP contribution in [0.25, 0.3) is 96.8 Å². The van der Waals surface area contributed by atoms with E-state index in [4.69, 9.17) is 15.0 Å². The van der Waals surface area contributed by atoms with E-state index in [1.165, 1.54) is 95.6 Å². The van der Waals surface area contributed by atoms with E-state index in [0.29, 0.717) is 22.9 Å². The van der Waals surface area contributed by atoms with Crippen LogP contribution in [0.4, 0.5) is 0 Å². The van der Waals surface area contributed by atoms with Crippen LogP contribution >= 0.6 is 22.7 Å². The smallest absolute Gasteiger partial charge is 0.165 e. The fraction of sp³-hybridized carbons (Fsp3) is 0.182. The fourth-order valence-electron chi connectivity index (χ4n) is 11.8. The van der Waals surface area contributed by atoms with Gasteiger partial charge < -0.3 is 0 Å². The van der Waals surface area contributed by atoms with Gasteiger partial charge in [-0.2, -0.15) is 0 Å². The molecule has 14 rings (SSSR count). The molecule has 0 atom stereocenters. The number of benzene rings is 7. The van der Waals surface area contributed by atoms with Crippen LogP contribution in [-0.2, 0) is 5.41 Å². The van der Waals surface area contributed by atoms with Gasteiger partial charge in [-0.3, -0.25) is 0 Å². The molecule has 4 bridgehead atoms. The van der Waals surface area contributed by atoms with Gasteiger partial charge >= 0.3 is 0 Å². The van der Waals surface area contributed by atoms with E-state index < -0.39 is 0 Å². The first kappa shape index (κ1) is 34.8. The lowest BCUT2D eigenvalue weighted by atomic mass is 9.48. The third-order valence-electron chi connectivity index (χ3n) is 14.1. The Hall–Kier alpha value is -6.01. The number of nitrogens with zero attached hydrogens (tertiary/aromatic N) is 3. The Labute approximate surface area is 357 Å². The third kappa shape index (κ3) is 5.63. The van der Waals surface area contributed by atoms with Crippen molar-refractivity contribution < 1.29 is 0 Å². The van der Waals surface area contributed by atoms with Crippen molar-refractivity contribution >= 4 is 63.0 Å². The third-order valence-corrected chi connectivity index (χ3v) is 16.5. The summed E-state index contributed by atoms with van der Waals surface area (Å²) in [6.07, 6.45) is 8.52. The van der Waals surface area contributed by atoms with E-state index in [-0.39, 0.29) is 0 Å². The van der Waals surface area contributed by atoms with E-state index >= 15 is 0 Å². The molecule has 0 radical (unpaired) electrons. The van der Waals surface area contributed by atoms with Crippen molar-refractivity contribution in [2.24, 2.45) is 17.8 Å². The average Bonchev–Trinajstić information content (AvgIpc) is 3.88. The molecule has 5 heteroatoms. The minimum atomic E-state index is 0.372. The molecule has 4 fully saturated rings. The summed E-state index contributed by atoms with van der Waals surface area (Å²) in [5, 5.41) is 4.98. The highest BCUT2D eigenvalue weighted by atomic mass is 32.1. The van der Waals surface area contributed by atoms with Crippen LogP contribution in [0, 0.1) is 17.8 Å². The second-order valence-electron chi connectivity index (χ2n) is 17.8. The molecule has 10 aromatic rings. The Morgan fingerprint density at radius 3 is 1.38 bits per heavy atom. The maximum atomic E-state index is 5.42. The summed E-state index contributed by atoms with van der Waals surface area (Å²) in [6, 6.07) is 57.8. The van der Waals surface area contributed by atoms with Gasteiger partial charge in [0.2, 0.25) is 0 Å². The first-order valence-corrected chi connectivity index (χ1v) is 23.1. The van der Waals surface area contributed by atoms with Crippen LogP contribution in [0.2, 0.25) is 0 Å². The summed E-state index contributed by atoms with van der Waals surface area (Å²) in [4.78, 5) is 16.2. The molecule has 4 aliphatic carbocycles. The summed E-state index contributed by atoms with van der Waals surface area (Å²) in [7, 11) is 0. The number of hydrogen-bond acceptors (Lipinski definition) is 5. The van der Waals surface area contributed by atoms with Crippen LogP contribution in [0.15, 0.2) is 158 Å². The van der Waals surface area contributed by atoms with Gasteiger partial charge in [0.15, 0.2) is 17.5 Å². The molecule has 0 aliphatic heterocycles. The highest BCUT2D eigenvalue weighted by molar-refractivity contribution is 7.26. The molecule has 7 aromatic carbocycles. The predicted molar refractivity (Wildman–Crippen MR) is 253 cm³/mol. The van der Waals surface area contributed by atoms with Gasteiger partial charge in [-0.05, 0) is 132 Å². The van der Waals surface area contributed by atoms with Crippen molar-refractivity contribution in [3.05, 3.63) is 163 Å². The molecule has 0 N–H and O–H groups in total. The number of hydrogen-bond donors (Lipinski definition) is 0. The van der Waals surface area contributed by atoms with E-state index in [1.54, 1.807) is 5.56 Å². The topological polar surface area (TPSA) is 38.7 Å². The fourth-order valence-corrected chi connectivity index (χ4v) is 14.2. The molecule has 0 amide bonds. The summed E-state index contributed by atoms with van der Waals surface area (Å²) in [5.74, 6) is 4.83. The average molecular weight is 808 g/mol. The number of aromatic nitrogens is 3. The van der Waals surface area contributed by atoms with Crippen molar-refractivity contribution in [3.8, 4) is 56.4 Å². The highest BCUT2D eigenvalue weighted by Gasteiger charge is 2.51. The Balaban J connectivity index is 1.01. The zero-order valence-corrected chi connectivity index (χ0v) is 34.8. The monoisotopic (exact) mass is 807 g/mol. The lowest BCUT2D eigenvalue weighted by Crippen LogP contribution is -2.48. The number of fused-ring (bicyclic) bond motifs is 6. The van der Waals surface area contributed by atoms with Crippen LogP contribution in [0.5, 0.6) is 0 Å². The van der Waals surface area contributed by atoms with Gasteiger partial charge in [0.1, 0.15) is 0 Å². The molecule has 288 valence electrons. The van der Waals surface area contributed by atoms with Crippen molar-refractivity contribution in [3.63, 3.8) is 0 Å². The SMILES string of the molecule is c1ccc(-c2cc(-c3ccc(C45CC6CC(CC(C6)C4)C5)cc3)cc(-c3nc(-c4cccc5c4sc4ccccc45)nc(-c4cccc5c4sc4ccccc45)n3)c2)cc1. The normalized spacial score (nSPS) is 20.8. The number of thiophene rings is 2. The van der Waals surface area contributed by atoms with Crippen molar-refractivity contribution in [2.45, 2.75) is 43.9 Å². The molecule has 3 nitrogen and oxygen atoms in total. The molecule has 4 aliphatic rings. The lowest BCUT2D eigenvalue weighted by Gasteiger charge is -2.57. The molecule has 3 aromatic heterocycles. The van der Waals surface area contributed by atoms with Crippen molar-refractivity contribution in [1.82, 2.24) is 15.0 Å². The van der Waals surface area contributed by atoms with Crippen LogP contribution in [0.3, 0.4) is 0 Å². The Morgan fingerprint density at radius 1 is 0.383 bits per heavy atom. The second kappa shape index (κ2) is 13.5. The zero-order chi connectivity index (χ0) is 39.4. The summed E-state index contributed by atoms with van der Waals surface area (Å²) in [5.41, 5.74) is 9.68. The van der Waals surface area contributed by atoms with E-state index in [2.05, 4.69) is 158 Å². The molecule has 0 spiro atoms. The van der Waals surface area contributed by atoms with Gasteiger partial charge in [-0.25, -0.2) is 15.0 Å². The maximum absolute atomic E-state index is 5.42. The summed E-state index contributed by atoms with van der Waals surface area (Å²) < 4.78 is 4.91. The first-order chi connectivity index (χ1) is 29.6. The standard InChI is InChI=1S/C55H41N3S2/c1-2-10-36(11-3-1)38-27-39(37-20-22-41(23-21-37)55-30-33-24-34(31-55)26-35(25-33)32-55)29-40(28-38)52-56-53(46-16-8-14-44-42-12-4-6-18-48(42)59-50(44)46)58-54(57-52)47-17-9-15-45-43-13-5-7-19-49(43)60-51(45)47/h1-23,27-29,33-35H,24-26,30-32H2. The van der Waals surface area contributed by atoms with Crippen LogP contribution in [-0.4, -0.2) is 15.0 Å². The minimum absolute atomic E-state index is 0.372. The largest absolute Gasteiger partial charge is 0.208 e. The van der Waals surface area contributed by atoms with Crippen LogP contribution in [0.1, 0.15) is 44.1 Å². The van der Waals surface area contributed by atoms with E-state index in [0.717, 1.165) is 40.0 Å². The van der Waals surface area contributed by atoms with Gasteiger partial charge in [0, 0.05) is 57.0 Å². The molecule has 4 saturated carbocycles. The molecule has 0 saturated heterocycles. The first-order valence-electron chi connectivity index (χ1n) is 21.5. The summed E-state index contributed by atoms with van der Waals surface area (Å²) >= 11 is 3.62. The zero-order valence-electron chi connectivity index (χ0n) is 33.1. The van der Waals surface area contributed by atoms with Crippen molar-refractivity contribution in [1.29, 1.82) is 0 Å². The lowest BCUT2D eigenvalue weighted by molar-refractivity contribution is -0.00518. The Morgan fingerprint density at radius 2 is 0.833 bits per heavy atom. The van der Waals surface area contributed by atoms with Crippen molar-refractivity contribution in [2.75, 3.05) is 0 Å². The van der Waals surface area contributed by atoms with Gasteiger partial charge in [-0.15, -0.1) is 22.7 Å². The highest BCUT2D eigenvalue weighted by Crippen LogP contribution is 2.61. The molecular formula is C55H41N3S2. The maximum Gasteiger partial charge on any atom is 0.165 e. The Bertz CT molecular complexity index is 3140.